The lowest BCUT2D eigenvalue weighted by Crippen LogP contribution is -2.12. The van der Waals surface area contributed by atoms with Gasteiger partial charge in [-0.15, -0.1) is 0 Å². The number of aliphatic imine (C=N–C) groups is 1. The Hall–Kier alpha value is -2.60. The highest BCUT2D eigenvalue weighted by atomic mass is 32.2. The Balaban J connectivity index is 2.24. The van der Waals surface area contributed by atoms with Crippen LogP contribution in [0.25, 0.3) is 21.5 Å². The number of nitrogens with zero attached hydrogens (tertiary/aromatic N) is 1. The third-order valence-corrected chi connectivity index (χ3v) is 5.72. The van der Waals surface area contributed by atoms with Gasteiger partial charge in [-0.2, -0.15) is 0 Å². The number of benzene rings is 3. The predicted molar refractivity (Wildman–Crippen MR) is 89.7 cm³/mol. The van der Waals surface area contributed by atoms with Crippen molar-refractivity contribution in [3.63, 3.8) is 0 Å². The molecule has 0 unspecified atom stereocenters. The van der Waals surface area contributed by atoms with Crippen molar-refractivity contribution >= 4 is 43.3 Å². The smallest absolute Gasteiger partial charge is 0.189 e. The molecule has 0 aromatic heterocycles. The standard InChI is InChI=1S/C17H13NO4S/c1-9-2-3-10-7-13-12(8-11(10)6-9)15(19)14-17(16(13)20)23(21,22)5-4-18-14/h2-4,6-8,19-20H,5H2,1H3. The average molecular weight is 327 g/mol. The Morgan fingerprint density at radius 1 is 1.00 bits per heavy atom. The maximum absolute atomic E-state index is 12.2. The zero-order chi connectivity index (χ0) is 16.4. The van der Waals surface area contributed by atoms with E-state index in [-0.39, 0.29) is 27.8 Å². The normalized spacial score (nSPS) is 15.9. The maximum atomic E-state index is 12.2. The highest BCUT2D eigenvalue weighted by Crippen LogP contribution is 2.49. The van der Waals surface area contributed by atoms with E-state index in [0.29, 0.717) is 10.8 Å². The second kappa shape index (κ2) is 4.45. The molecule has 0 radical (unpaired) electrons. The molecule has 0 bridgehead atoms. The molecule has 1 aliphatic rings. The van der Waals surface area contributed by atoms with Gasteiger partial charge in [-0.25, -0.2) is 8.42 Å². The van der Waals surface area contributed by atoms with Crippen LogP contribution >= 0.6 is 0 Å². The Bertz CT molecular complexity index is 1130. The van der Waals surface area contributed by atoms with Gasteiger partial charge in [0.05, 0.1) is 5.75 Å². The van der Waals surface area contributed by atoms with E-state index in [1.807, 2.05) is 25.1 Å². The molecule has 0 fully saturated rings. The molecule has 0 saturated carbocycles. The van der Waals surface area contributed by atoms with Crippen LogP contribution in [0.2, 0.25) is 0 Å². The van der Waals surface area contributed by atoms with Crippen LogP contribution in [0.15, 0.2) is 40.2 Å². The molecule has 4 rings (SSSR count). The van der Waals surface area contributed by atoms with Crippen molar-refractivity contribution in [3.8, 4) is 11.5 Å². The van der Waals surface area contributed by atoms with Crippen molar-refractivity contribution in [3.05, 3.63) is 35.9 Å². The zero-order valence-electron chi connectivity index (χ0n) is 12.2. The van der Waals surface area contributed by atoms with Crippen LogP contribution in [0, 0.1) is 6.92 Å². The summed E-state index contributed by atoms with van der Waals surface area (Å²) in [6, 6.07) is 9.22. The SMILES string of the molecule is Cc1ccc2cc3c(O)c4c(c(O)c3cc2c1)N=CCS4(=O)=O. The number of sulfone groups is 1. The van der Waals surface area contributed by atoms with E-state index in [1.54, 1.807) is 12.1 Å². The molecule has 1 aliphatic heterocycles. The Morgan fingerprint density at radius 3 is 2.48 bits per heavy atom. The number of aryl methyl sites for hydroxylation is 1. The molecule has 23 heavy (non-hydrogen) atoms. The molecule has 0 atom stereocenters. The Labute approximate surface area is 132 Å². The lowest BCUT2D eigenvalue weighted by atomic mass is 10.00. The molecule has 0 spiro atoms. The lowest BCUT2D eigenvalue weighted by Gasteiger charge is -2.17. The number of aromatic hydroxyl groups is 2. The highest BCUT2D eigenvalue weighted by molar-refractivity contribution is 7.92. The molecule has 0 aliphatic carbocycles. The van der Waals surface area contributed by atoms with E-state index in [9.17, 15) is 18.6 Å². The molecule has 0 amide bonds. The van der Waals surface area contributed by atoms with Gasteiger partial charge in [0.1, 0.15) is 16.3 Å². The largest absolute Gasteiger partial charge is 0.506 e. The average Bonchev–Trinajstić information content (AvgIpc) is 2.50. The number of phenolic OH excluding ortho intramolecular Hbond substituents is 2. The second-order valence-electron chi connectivity index (χ2n) is 5.72. The minimum absolute atomic E-state index is 0.0896. The molecule has 6 heteroatoms. The van der Waals surface area contributed by atoms with Crippen LogP contribution < -0.4 is 0 Å². The first-order valence-corrected chi connectivity index (χ1v) is 8.71. The van der Waals surface area contributed by atoms with E-state index in [0.717, 1.165) is 16.3 Å². The van der Waals surface area contributed by atoms with Gasteiger partial charge >= 0.3 is 0 Å². The zero-order valence-corrected chi connectivity index (χ0v) is 13.1. The van der Waals surface area contributed by atoms with Gasteiger partial charge < -0.3 is 10.2 Å². The summed E-state index contributed by atoms with van der Waals surface area (Å²) in [7, 11) is -3.71. The van der Waals surface area contributed by atoms with Crippen molar-refractivity contribution in [1.82, 2.24) is 0 Å². The number of fused-ring (bicyclic) bond motifs is 3. The first-order valence-electron chi connectivity index (χ1n) is 7.06. The fraction of sp³-hybridized carbons (Fsp3) is 0.118. The van der Waals surface area contributed by atoms with Crippen molar-refractivity contribution < 1.29 is 18.6 Å². The first kappa shape index (κ1) is 14.0. The third kappa shape index (κ3) is 1.91. The van der Waals surface area contributed by atoms with Crippen molar-refractivity contribution in [2.24, 2.45) is 4.99 Å². The molecular formula is C17H13NO4S. The third-order valence-electron chi connectivity index (χ3n) is 4.12. The van der Waals surface area contributed by atoms with Crippen LogP contribution in [0.1, 0.15) is 5.56 Å². The summed E-state index contributed by atoms with van der Waals surface area (Å²) in [5.41, 5.74) is 0.979. The summed E-state index contributed by atoms with van der Waals surface area (Å²) in [5, 5.41) is 23.4. The van der Waals surface area contributed by atoms with Gasteiger partial charge in [-0.1, -0.05) is 23.8 Å². The van der Waals surface area contributed by atoms with E-state index in [1.165, 1.54) is 6.21 Å². The molecule has 3 aromatic carbocycles. The Kier molecular flexibility index (Phi) is 2.72. The Morgan fingerprint density at radius 2 is 1.70 bits per heavy atom. The second-order valence-corrected chi connectivity index (χ2v) is 7.69. The summed E-state index contributed by atoms with van der Waals surface area (Å²) in [6.45, 7) is 1.96. The van der Waals surface area contributed by atoms with Crippen LogP contribution in [-0.2, 0) is 9.84 Å². The number of hydrogen-bond donors (Lipinski definition) is 2. The van der Waals surface area contributed by atoms with Gasteiger partial charge in [-0.3, -0.25) is 4.99 Å². The highest BCUT2D eigenvalue weighted by Gasteiger charge is 2.30. The van der Waals surface area contributed by atoms with E-state index >= 15 is 0 Å². The van der Waals surface area contributed by atoms with E-state index in [4.69, 9.17) is 0 Å². The topological polar surface area (TPSA) is 87.0 Å². The molecule has 2 N–H and O–H groups in total. The first-order chi connectivity index (χ1) is 10.9. The van der Waals surface area contributed by atoms with Gasteiger partial charge in [0.15, 0.2) is 15.6 Å². The van der Waals surface area contributed by atoms with Crippen molar-refractivity contribution in [2.75, 3.05) is 5.75 Å². The van der Waals surface area contributed by atoms with Crippen LogP contribution in [0.4, 0.5) is 5.69 Å². The fourth-order valence-corrected chi connectivity index (χ4v) is 4.29. The number of phenols is 2. The van der Waals surface area contributed by atoms with Crippen LogP contribution in [0.3, 0.4) is 0 Å². The molecule has 3 aromatic rings. The van der Waals surface area contributed by atoms with E-state index < -0.39 is 9.84 Å². The minimum Gasteiger partial charge on any atom is -0.506 e. The quantitative estimate of drug-likeness (QED) is 0.490. The minimum atomic E-state index is -3.71. The van der Waals surface area contributed by atoms with E-state index in [2.05, 4.69) is 4.99 Å². The van der Waals surface area contributed by atoms with Gasteiger partial charge in [0.2, 0.25) is 0 Å². The lowest BCUT2D eigenvalue weighted by molar-refractivity contribution is 0.456. The van der Waals surface area contributed by atoms with Gasteiger partial charge in [-0.05, 0) is 29.8 Å². The van der Waals surface area contributed by atoms with Crippen molar-refractivity contribution in [2.45, 2.75) is 11.8 Å². The number of hydrogen-bond acceptors (Lipinski definition) is 5. The molecule has 5 nitrogen and oxygen atoms in total. The van der Waals surface area contributed by atoms with Crippen LogP contribution in [-0.4, -0.2) is 30.6 Å². The summed E-state index contributed by atoms with van der Waals surface area (Å²) in [5.74, 6) is -0.867. The summed E-state index contributed by atoms with van der Waals surface area (Å²) in [6.07, 6.45) is 1.23. The summed E-state index contributed by atoms with van der Waals surface area (Å²) >= 11 is 0. The maximum Gasteiger partial charge on any atom is 0.189 e. The molecule has 116 valence electrons. The molecule has 1 heterocycles. The van der Waals surface area contributed by atoms with Gasteiger partial charge in [0.25, 0.3) is 0 Å². The van der Waals surface area contributed by atoms with Crippen LogP contribution in [0.5, 0.6) is 11.5 Å². The van der Waals surface area contributed by atoms with Gasteiger partial charge in [0, 0.05) is 17.0 Å². The number of rotatable bonds is 0. The van der Waals surface area contributed by atoms with Crippen molar-refractivity contribution in [1.29, 1.82) is 0 Å². The molecular weight excluding hydrogens is 314 g/mol. The predicted octanol–water partition coefficient (Wildman–Crippen LogP) is 3.20. The molecule has 0 saturated heterocycles. The monoisotopic (exact) mass is 327 g/mol. The fourth-order valence-electron chi connectivity index (χ4n) is 3.00. The summed E-state index contributed by atoms with van der Waals surface area (Å²) < 4.78 is 24.5. The summed E-state index contributed by atoms with van der Waals surface area (Å²) in [4.78, 5) is 3.69.